The van der Waals surface area contributed by atoms with Gasteiger partial charge in [-0.1, -0.05) is 134 Å². The van der Waals surface area contributed by atoms with Crippen molar-refractivity contribution in [3.63, 3.8) is 0 Å². The van der Waals surface area contributed by atoms with Gasteiger partial charge in [0.05, 0.1) is 6.61 Å². The molecule has 0 fully saturated rings. The van der Waals surface area contributed by atoms with Crippen LogP contribution in [0, 0.1) is 0 Å². The third kappa shape index (κ3) is 32.4. The maximum Gasteiger partial charge on any atom is 0.305 e. The van der Waals surface area contributed by atoms with E-state index in [9.17, 15) is 9.59 Å². The van der Waals surface area contributed by atoms with Crippen LogP contribution >= 0.6 is 0 Å². The predicted octanol–water partition coefficient (Wildman–Crippen LogP) is 10.9. The Morgan fingerprint density at radius 2 is 0.947 bits per heavy atom. The molecule has 0 aliphatic carbocycles. The van der Waals surface area contributed by atoms with E-state index in [0.717, 1.165) is 44.9 Å². The second kappa shape index (κ2) is 31.6. The third-order valence-electron chi connectivity index (χ3n) is 7.13. The number of rotatable bonds is 30. The van der Waals surface area contributed by atoms with Gasteiger partial charge in [0, 0.05) is 12.8 Å². The average Bonchev–Trinajstić information content (AvgIpc) is 2.90. The van der Waals surface area contributed by atoms with Gasteiger partial charge in [-0.05, 0) is 51.4 Å². The monoisotopic (exact) mass is 534 g/mol. The van der Waals surface area contributed by atoms with Crippen molar-refractivity contribution in [3.8, 4) is 0 Å². The van der Waals surface area contributed by atoms with Crippen molar-refractivity contribution in [2.24, 2.45) is 0 Å². The highest BCUT2D eigenvalue weighted by Gasteiger charge is 2.02. The molecule has 0 aromatic carbocycles. The highest BCUT2D eigenvalue weighted by Crippen LogP contribution is 2.13. The number of unbranched alkanes of at least 4 members (excludes halogenated alkanes) is 20. The molecular formula is C34H62O4. The Labute approximate surface area is 236 Å². The van der Waals surface area contributed by atoms with Gasteiger partial charge in [0.1, 0.15) is 0 Å². The standard InChI is InChI=1S/C34H62O4/c1-2-3-4-5-6-7-8-9-10-11-12-16-19-22-25-28-31-34(37)38-32-29-26-23-20-17-14-13-15-18-21-24-27-30-33(35)36/h6-7,9-10H,2-5,8,11-32H2,1H3,(H,35,36)/b7-6-,10-9-. The van der Waals surface area contributed by atoms with E-state index < -0.39 is 5.97 Å². The van der Waals surface area contributed by atoms with Crippen LogP contribution in [-0.2, 0) is 14.3 Å². The number of hydrogen-bond donors (Lipinski definition) is 1. The molecule has 0 aliphatic heterocycles. The summed E-state index contributed by atoms with van der Waals surface area (Å²) in [6.07, 6.45) is 38.8. The van der Waals surface area contributed by atoms with Crippen molar-refractivity contribution in [3.05, 3.63) is 24.3 Å². The smallest absolute Gasteiger partial charge is 0.305 e. The lowest BCUT2D eigenvalue weighted by atomic mass is 10.0. The van der Waals surface area contributed by atoms with E-state index in [1.165, 1.54) is 109 Å². The summed E-state index contributed by atoms with van der Waals surface area (Å²) < 4.78 is 5.40. The lowest BCUT2D eigenvalue weighted by Gasteiger charge is -2.05. The molecule has 0 rings (SSSR count). The van der Waals surface area contributed by atoms with Gasteiger partial charge in [-0.15, -0.1) is 0 Å². The first-order chi connectivity index (χ1) is 18.7. The molecule has 38 heavy (non-hydrogen) atoms. The van der Waals surface area contributed by atoms with Crippen LogP contribution < -0.4 is 0 Å². The van der Waals surface area contributed by atoms with Crippen LogP contribution in [0.4, 0.5) is 0 Å². The minimum atomic E-state index is -0.675. The third-order valence-corrected chi connectivity index (χ3v) is 7.13. The number of aliphatic carboxylic acids is 1. The molecule has 0 spiro atoms. The first kappa shape index (κ1) is 36.4. The maximum atomic E-state index is 11.9. The Balaban J connectivity index is 3.23. The number of carboxylic acids is 1. The summed E-state index contributed by atoms with van der Waals surface area (Å²) in [5, 5.41) is 8.61. The highest BCUT2D eigenvalue weighted by atomic mass is 16.5. The average molecular weight is 535 g/mol. The molecule has 4 heteroatoms. The summed E-state index contributed by atoms with van der Waals surface area (Å²) in [4.78, 5) is 22.3. The number of carbonyl (C=O) groups is 2. The van der Waals surface area contributed by atoms with Crippen molar-refractivity contribution in [1.82, 2.24) is 0 Å². The first-order valence-corrected chi connectivity index (χ1v) is 16.3. The summed E-state index contributed by atoms with van der Waals surface area (Å²) in [7, 11) is 0. The lowest BCUT2D eigenvalue weighted by molar-refractivity contribution is -0.144. The molecule has 0 saturated heterocycles. The van der Waals surface area contributed by atoms with Gasteiger partial charge >= 0.3 is 11.9 Å². The molecule has 0 bridgehead atoms. The molecular weight excluding hydrogens is 472 g/mol. The van der Waals surface area contributed by atoms with E-state index in [1.807, 2.05) is 0 Å². The van der Waals surface area contributed by atoms with E-state index in [0.29, 0.717) is 19.4 Å². The molecule has 0 unspecified atom stereocenters. The van der Waals surface area contributed by atoms with Crippen LogP contribution in [0.5, 0.6) is 0 Å². The Morgan fingerprint density at radius 3 is 1.45 bits per heavy atom. The Morgan fingerprint density at radius 1 is 0.526 bits per heavy atom. The van der Waals surface area contributed by atoms with Crippen LogP contribution in [-0.4, -0.2) is 23.7 Å². The fourth-order valence-corrected chi connectivity index (χ4v) is 4.66. The van der Waals surface area contributed by atoms with Crippen LogP contribution in [0.25, 0.3) is 0 Å². The number of hydrogen-bond acceptors (Lipinski definition) is 3. The first-order valence-electron chi connectivity index (χ1n) is 16.3. The summed E-state index contributed by atoms with van der Waals surface area (Å²) in [6, 6.07) is 0. The second-order valence-electron chi connectivity index (χ2n) is 10.9. The van der Waals surface area contributed by atoms with E-state index in [2.05, 4.69) is 31.2 Å². The number of allylic oxidation sites excluding steroid dienone is 4. The lowest BCUT2D eigenvalue weighted by Crippen LogP contribution is -2.05. The molecule has 0 radical (unpaired) electrons. The molecule has 0 heterocycles. The normalized spacial score (nSPS) is 11.6. The van der Waals surface area contributed by atoms with Crippen LogP contribution in [0.2, 0.25) is 0 Å². The summed E-state index contributed by atoms with van der Waals surface area (Å²) in [6.45, 7) is 2.83. The SMILES string of the molecule is CCCCC/C=C\C/C=C\CCCCCCCCC(=O)OCCCCCCCCCCCCCCC(=O)O. The van der Waals surface area contributed by atoms with Crippen molar-refractivity contribution < 1.29 is 19.4 Å². The molecule has 0 atom stereocenters. The van der Waals surface area contributed by atoms with E-state index in [4.69, 9.17) is 9.84 Å². The van der Waals surface area contributed by atoms with Gasteiger partial charge in [-0.2, -0.15) is 0 Å². The predicted molar refractivity (Wildman–Crippen MR) is 163 cm³/mol. The van der Waals surface area contributed by atoms with Crippen molar-refractivity contribution >= 4 is 11.9 Å². The number of esters is 1. The number of carboxylic acid groups (broad SMARTS) is 1. The van der Waals surface area contributed by atoms with Crippen LogP contribution in [0.1, 0.15) is 174 Å². The fraction of sp³-hybridized carbons (Fsp3) is 0.824. The topological polar surface area (TPSA) is 63.6 Å². The summed E-state index contributed by atoms with van der Waals surface area (Å²) in [5.74, 6) is -0.691. The van der Waals surface area contributed by atoms with Gasteiger partial charge in [-0.25, -0.2) is 0 Å². The van der Waals surface area contributed by atoms with E-state index in [-0.39, 0.29) is 5.97 Å². The second-order valence-corrected chi connectivity index (χ2v) is 10.9. The highest BCUT2D eigenvalue weighted by molar-refractivity contribution is 5.69. The zero-order valence-electron chi connectivity index (χ0n) is 25.1. The summed E-state index contributed by atoms with van der Waals surface area (Å²) >= 11 is 0. The van der Waals surface area contributed by atoms with E-state index >= 15 is 0 Å². The zero-order chi connectivity index (χ0) is 27.8. The van der Waals surface area contributed by atoms with Gasteiger partial charge < -0.3 is 9.84 Å². The number of ether oxygens (including phenoxy) is 1. The van der Waals surface area contributed by atoms with Crippen molar-refractivity contribution in [2.75, 3.05) is 6.61 Å². The minimum Gasteiger partial charge on any atom is -0.481 e. The Kier molecular flexibility index (Phi) is 30.3. The minimum absolute atomic E-state index is 0.0162. The molecule has 0 aliphatic rings. The zero-order valence-corrected chi connectivity index (χ0v) is 25.1. The molecule has 0 saturated carbocycles. The maximum absolute atomic E-state index is 11.9. The Hall–Kier alpha value is -1.58. The quantitative estimate of drug-likeness (QED) is 0.0565. The van der Waals surface area contributed by atoms with Gasteiger partial charge in [0.25, 0.3) is 0 Å². The Bertz CT molecular complexity index is 567. The number of carbonyl (C=O) groups excluding carboxylic acids is 1. The van der Waals surface area contributed by atoms with Crippen LogP contribution in [0.15, 0.2) is 24.3 Å². The molecule has 4 nitrogen and oxygen atoms in total. The fourth-order valence-electron chi connectivity index (χ4n) is 4.66. The van der Waals surface area contributed by atoms with Crippen molar-refractivity contribution in [2.45, 2.75) is 174 Å². The van der Waals surface area contributed by atoms with Gasteiger partial charge in [-0.3, -0.25) is 9.59 Å². The van der Waals surface area contributed by atoms with E-state index in [1.54, 1.807) is 0 Å². The summed E-state index contributed by atoms with van der Waals surface area (Å²) in [5.41, 5.74) is 0. The molecule has 1 N–H and O–H groups in total. The molecule has 222 valence electrons. The molecule has 0 aromatic rings. The van der Waals surface area contributed by atoms with Gasteiger partial charge in [0.2, 0.25) is 0 Å². The van der Waals surface area contributed by atoms with Gasteiger partial charge in [0.15, 0.2) is 0 Å². The van der Waals surface area contributed by atoms with Crippen LogP contribution in [0.3, 0.4) is 0 Å². The van der Waals surface area contributed by atoms with Crippen molar-refractivity contribution in [1.29, 1.82) is 0 Å². The molecule has 0 amide bonds. The largest absolute Gasteiger partial charge is 0.481 e. The molecule has 0 aromatic heterocycles.